The van der Waals surface area contributed by atoms with Gasteiger partial charge in [0, 0.05) is 35.7 Å². The van der Waals surface area contributed by atoms with Crippen LogP contribution in [0, 0.1) is 0 Å². The van der Waals surface area contributed by atoms with Crippen LogP contribution in [0.25, 0.3) is 21.9 Å². The maximum absolute atomic E-state index is 12.3. The molecule has 1 aromatic carbocycles. The summed E-state index contributed by atoms with van der Waals surface area (Å²) in [6, 6.07) is 11.9. The van der Waals surface area contributed by atoms with Crippen LogP contribution in [0.3, 0.4) is 0 Å². The molecule has 0 aliphatic carbocycles. The highest BCUT2D eigenvalue weighted by atomic mass is 16.1. The van der Waals surface area contributed by atoms with Crippen molar-refractivity contribution in [1.29, 1.82) is 0 Å². The largest absolute Gasteiger partial charge is 0.350 e. The minimum atomic E-state index is -0.0157. The van der Waals surface area contributed by atoms with E-state index in [9.17, 15) is 4.79 Å². The van der Waals surface area contributed by atoms with Crippen LogP contribution in [0.2, 0.25) is 0 Å². The van der Waals surface area contributed by atoms with Gasteiger partial charge in [0.1, 0.15) is 0 Å². The van der Waals surface area contributed by atoms with Gasteiger partial charge in [0.15, 0.2) is 5.65 Å². The zero-order chi connectivity index (χ0) is 16.5. The Balaban J connectivity index is 1.48. The average Bonchev–Trinajstić information content (AvgIpc) is 3.15. The first-order valence-electron chi connectivity index (χ1n) is 7.80. The number of benzene rings is 1. The highest BCUT2D eigenvalue weighted by Gasteiger charge is 2.11. The number of aromatic nitrogens is 4. The van der Waals surface area contributed by atoms with Gasteiger partial charge in [0.25, 0.3) is 0 Å². The van der Waals surface area contributed by atoms with Crippen LogP contribution >= 0.6 is 0 Å². The fourth-order valence-electron chi connectivity index (χ4n) is 3.03. The highest BCUT2D eigenvalue weighted by molar-refractivity contribution is 5.89. The van der Waals surface area contributed by atoms with Gasteiger partial charge in [0.05, 0.1) is 18.7 Å². The van der Waals surface area contributed by atoms with E-state index in [1.54, 1.807) is 6.20 Å². The molecule has 0 spiro atoms. The molecule has 0 aliphatic rings. The minimum Gasteiger partial charge on any atom is -0.350 e. The number of H-pyrrole nitrogens is 1. The number of pyridine rings is 1. The lowest BCUT2D eigenvalue weighted by atomic mass is 10.1. The summed E-state index contributed by atoms with van der Waals surface area (Å²) in [5.41, 5.74) is 3.69. The summed E-state index contributed by atoms with van der Waals surface area (Å²) in [7, 11) is 1.99. The molecule has 3 aromatic heterocycles. The highest BCUT2D eigenvalue weighted by Crippen LogP contribution is 2.20. The van der Waals surface area contributed by atoms with Crippen molar-refractivity contribution in [2.45, 2.75) is 13.0 Å². The molecule has 0 fully saturated rings. The third kappa shape index (κ3) is 2.52. The molecule has 0 bridgehead atoms. The zero-order valence-corrected chi connectivity index (χ0v) is 13.3. The SMILES string of the molecule is Cn1cc(CC(=O)NCc2[nH]nc3ncccc23)c2ccccc21. The molecule has 3 heterocycles. The number of aromatic amines is 1. The Morgan fingerprint density at radius 1 is 1.21 bits per heavy atom. The van der Waals surface area contributed by atoms with E-state index in [0.29, 0.717) is 18.6 Å². The van der Waals surface area contributed by atoms with Crippen molar-refractivity contribution >= 4 is 27.8 Å². The monoisotopic (exact) mass is 319 g/mol. The predicted octanol–water partition coefficient (Wildman–Crippen LogP) is 2.31. The Morgan fingerprint density at radius 3 is 2.96 bits per heavy atom. The summed E-state index contributed by atoms with van der Waals surface area (Å²) in [6.07, 6.45) is 4.07. The summed E-state index contributed by atoms with van der Waals surface area (Å²) in [5.74, 6) is -0.0157. The summed E-state index contributed by atoms with van der Waals surface area (Å²) in [5, 5.41) is 12.1. The van der Waals surface area contributed by atoms with Gasteiger partial charge in [-0.15, -0.1) is 0 Å². The lowest BCUT2D eigenvalue weighted by Crippen LogP contribution is -2.24. The van der Waals surface area contributed by atoms with E-state index in [1.807, 2.05) is 48.1 Å². The van der Waals surface area contributed by atoms with Gasteiger partial charge in [0.2, 0.25) is 5.91 Å². The third-order valence-corrected chi connectivity index (χ3v) is 4.20. The van der Waals surface area contributed by atoms with Gasteiger partial charge in [-0.1, -0.05) is 18.2 Å². The van der Waals surface area contributed by atoms with Crippen molar-refractivity contribution in [3.63, 3.8) is 0 Å². The van der Waals surface area contributed by atoms with E-state index in [4.69, 9.17) is 0 Å². The van der Waals surface area contributed by atoms with Gasteiger partial charge in [-0.25, -0.2) is 4.98 Å². The molecule has 6 heteroatoms. The summed E-state index contributed by atoms with van der Waals surface area (Å²) >= 11 is 0. The number of fused-ring (bicyclic) bond motifs is 2. The van der Waals surface area contributed by atoms with E-state index in [0.717, 1.165) is 27.5 Å². The zero-order valence-electron chi connectivity index (χ0n) is 13.3. The van der Waals surface area contributed by atoms with Crippen molar-refractivity contribution in [2.24, 2.45) is 7.05 Å². The quantitative estimate of drug-likeness (QED) is 0.606. The minimum absolute atomic E-state index is 0.0157. The van der Waals surface area contributed by atoms with Crippen molar-refractivity contribution in [2.75, 3.05) is 0 Å². The number of para-hydroxylation sites is 1. The number of aryl methyl sites for hydroxylation is 1. The van der Waals surface area contributed by atoms with Crippen molar-refractivity contribution in [3.8, 4) is 0 Å². The number of hydrogen-bond acceptors (Lipinski definition) is 3. The van der Waals surface area contributed by atoms with Gasteiger partial charge in [-0.2, -0.15) is 5.10 Å². The van der Waals surface area contributed by atoms with Crippen LogP contribution in [-0.2, 0) is 24.8 Å². The summed E-state index contributed by atoms with van der Waals surface area (Å²) in [4.78, 5) is 16.5. The predicted molar refractivity (Wildman–Crippen MR) is 92.4 cm³/mol. The number of carbonyl (C=O) groups excluding carboxylic acids is 1. The molecule has 24 heavy (non-hydrogen) atoms. The van der Waals surface area contributed by atoms with Gasteiger partial charge < -0.3 is 9.88 Å². The molecule has 0 aliphatic heterocycles. The first-order valence-corrected chi connectivity index (χ1v) is 7.80. The second kappa shape index (κ2) is 5.81. The van der Waals surface area contributed by atoms with Crippen LogP contribution in [0.5, 0.6) is 0 Å². The molecule has 0 saturated heterocycles. The molecule has 2 N–H and O–H groups in total. The molecule has 4 aromatic rings. The van der Waals surface area contributed by atoms with E-state index < -0.39 is 0 Å². The summed E-state index contributed by atoms with van der Waals surface area (Å²) in [6.45, 7) is 0.409. The van der Waals surface area contributed by atoms with Crippen LogP contribution in [0.1, 0.15) is 11.3 Å². The average molecular weight is 319 g/mol. The molecule has 4 rings (SSSR count). The summed E-state index contributed by atoms with van der Waals surface area (Å²) < 4.78 is 2.05. The molecule has 0 atom stereocenters. The van der Waals surface area contributed by atoms with Crippen LogP contribution in [0.15, 0.2) is 48.8 Å². The van der Waals surface area contributed by atoms with Crippen molar-refractivity contribution in [3.05, 3.63) is 60.0 Å². The van der Waals surface area contributed by atoms with Crippen molar-refractivity contribution in [1.82, 2.24) is 25.1 Å². The number of rotatable bonds is 4. The van der Waals surface area contributed by atoms with Crippen LogP contribution in [-0.4, -0.2) is 25.7 Å². The Hall–Kier alpha value is -3.15. The van der Waals surface area contributed by atoms with Crippen LogP contribution < -0.4 is 5.32 Å². The van der Waals surface area contributed by atoms with Gasteiger partial charge >= 0.3 is 0 Å². The Kier molecular flexibility index (Phi) is 3.49. The Morgan fingerprint density at radius 2 is 2.04 bits per heavy atom. The maximum Gasteiger partial charge on any atom is 0.224 e. The van der Waals surface area contributed by atoms with E-state index >= 15 is 0 Å². The van der Waals surface area contributed by atoms with E-state index in [1.165, 1.54) is 0 Å². The van der Waals surface area contributed by atoms with E-state index in [2.05, 4.69) is 26.6 Å². The molecular formula is C18H17N5O. The van der Waals surface area contributed by atoms with E-state index in [-0.39, 0.29) is 5.91 Å². The second-order valence-corrected chi connectivity index (χ2v) is 5.81. The lowest BCUT2D eigenvalue weighted by molar-refractivity contribution is -0.120. The molecule has 6 nitrogen and oxygen atoms in total. The number of amides is 1. The standard InChI is InChI=1S/C18H17N5O/c1-23-11-12(13-5-2-3-7-16(13)23)9-17(24)20-10-15-14-6-4-8-19-18(14)22-21-15/h2-8,11H,9-10H2,1H3,(H,20,24)(H,19,21,22). The number of carbonyl (C=O) groups is 1. The van der Waals surface area contributed by atoms with Gasteiger partial charge in [-0.05, 0) is 23.8 Å². The number of hydrogen-bond donors (Lipinski definition) is 2. The molecule has 0 saturated carbocycles. The number of nitrogens with zero attached hydrogens (tertiary/aromatic N) is 3. The fourth-order valence-corrected chi connectivity index (χ4v) is 3.03. The molecule has 0 unspecified atom stereocenters. The Bertz CT molecular complexity index is 1030. The fraction of sp³-hybridized carbons (Fsp3) is 0.167. The molecule has 120 valence electrons. The first-order chi connectivity index (χ1) is 11.7. The first kappa shape index (κ1) is 14.4. The normalized spacial score (nSPS) is 11.2. The van der Waals surface area contributed by atoms with Crippen LogP contribution in [0.4, 0.5) is 0 Å². The topological polar surface area (TPSA) is 75.6 Å². The molecular weight excluding hydrogens is 302 g/mol. The lowest BCUT2D eigenvalue weighted by Gasteiger charge is -2.03. The maximum atomic E-state index is 12.3. The van der Waals surface area contributed by atoms with Crippen molar-refractivity contribution < 1.29 is 4.79 Å². The smallest absolute Gasteiger partial charge is 0.224 e. The number of nitrogens with one attached hydrogen (secondary N) is 2. The second-order valence-electron chi connectivity index (χ2n) is 5.81. The van der Waals surface area contributed by atoms with Gasteiger partial charge in [-0.3, -0.25) is 9.89 Å². The molecule has 1 amide bonds. The Labute approximate surface area is 138 Å². The molecule has 0 radical (unpaired) electrons. The third-order valence-electron chi connectivity index (χ3n) is 4.20.